The maximum atomic E-state index is 14.5. The molecule has 0 saturated heterocycles. The number of amides is 1. The number of primary amides is 1. The molecule has 3 aliphatic carbocycles. The van der Waals surface area contributed by atoms with Crippen LogP contribution in [-0.4, -0.2) is 89.6 Å². The Balaban J connectivity index is 1.59. The van der Waals surface area contributed by atoms with Crippen LogP contribution < -0.4 is 15.4 Å². The van der Waals surface area contributed by atoms with Crippen LogP contribution in [0.4, 0.5) is 10.1 Å². The van der Waals surface area contributed by atoms with E-state index >= 15 is 0 Å². The fourth-order valence-corrected chi connectivity index (χ4v) is 7.00. The normalized spacial score (nSPS) is 24.9. The molecule has 1 heterocycles. The number of anilines is 1. The summed E-state index contributed by atoms with van der Waals surface area (Å²) in [5.74, 6) is -7.07. The molecule has 5 N–H and O–H groups in total. The Morgan fingerprint density at radius 3 is 2.48 bits per heavy atom. The highest BCUT2D eigenvalue weighted by molar-refractivity contribution is 6.24. The minimum absolute atomic E-state index is 0.0173. The molecule has 3 aliphatic rings. The lowest BCUT2D eigenvalue weighted by atomic mass is 9.57. The molecule has 1 fully saturated rings. The van der Waals surface area contributed by atoms with Gasteiger partial charge in [0.1, 0.15) is 22.6 Å². The Morgan fingerprint density at radius 2 is 1.89 bits per heavy atom. The molecule has 0 spiro atoms. The highest BCUT2D eigenvalue weighted by Gasteiger charge is 2.64. The summed E-state index contributed by atoms with van der Waals surface area (Å²) in [6.45, 7) is 0. The van der Waals surface area contributed by atoms with Gasteiger partial charge in [0.2, 0.25) is 11.7 Å². The van der Waals surface area contributed by atoms with E-state index in [-0.39, 0.29) is 41.2 Å². The number of ether oxygens (including phenoxy) is 1. The number of rotatable bonds is 5. The number of hydrogen-bond donors (Lipinski definition) is 4. The number of hydrogen-bond acceptors (Lipinski definition) is 11. The topological polar surface area (TPSA) is 180 Å². The average molecular weight is 607 g/mol. The van der Waals surface area contributed by atoms with Gasteiger partial charge in [0.15, 0.2) is 28.5 Å². The molecule has 13 heteroatoms. The number of aromatic nitrogens is 1. The second-order valence-corrected chi connectivity index (χ2v) is 11.8. The molecule has 0 radical (unpaired) electrons. The van der Waals surface area contributed by atoms with Gasteiger partial charge in [-0.3, -0.25) is 19.3 Å². The van der Waals surface area contributed by atoms with Gasteiger partial charge in [-0.15, -0.1) is 0 Å². The lowest BCUT2D eigenvalue weighted by molar-refractivity contribution is -0.153. The second kappa shape index (κ2) is 9.89. The molecular formula is C31H31FN4O8. The molecule has 1 saturated carbocycles. The van der Waals surface area contributed by atoms with Crippen LogP contribution >= 0.6 is 0 Å². The smallest absolute Gasteiger partial charge is 0.255 e. The summed E-state index contributed by atoms with van der Waals surface area (Å²) >= 11 is 0. The van der Waals surface area contributed by atoms with E-state index in [1.807, 2.05) is 4.90 Å². The number of Topliss-reactive ketones (excluding diaryl/α,β-unsaturated/α-hetero) is 2. The quantitative estimate of drug-likeness (QED) is 0.313. The molecule has 6 rings (SSSR count). The number of ketones is 2. The lowest BCUT2D eigenvalue weighted by Gasteiger charge is -2.50. The standard InChI is InChI=1S/C31H31FN4O8/c1-35(2)18-11-17-26(44-30(34-17)12-6-7-19(43-5)16(32)10-12)21-14(18)8-13-9-15-23(36(3)4)25(38)22(29(33)41)28(40)31(15,42)27(39)20(13)24(21)37/h6-7,10-11,13,15,23,37,40,42H,8-9H2,1-5H3,(H2,33,41)/t13?,15?,23-,31-/m0/s1. The van der Waals surface area contributed by atoms with Gasteiger partial charge in [0, 0.05) is 36.8 Å². The summed E-state index contributed by atoms with van der Waals surface area (Å²) in [5, 5.41) is 34.8. The number of carbonyl (C=O) groups is 3. The van der Waals surface area contributed by atoms with Gasteiger partial charge >= 0.3 is 0 Å². The maximum Gasteiger partial charge on any atom is 0.255 e. The minimum Gasteiger partial charge on any atom is -0.508 e. The molecular weight excluding hydrogens is 575 g/mol. The maximum absolute atomic E-state index is 14.5. The monoisotopic (exact) mass is 606 g/mol. The number of methoxy groups -OCH3 is 1. The summed E-state index contributed by atoms with van der Waals surface area (Å²) in [7, 11) is 8.07. The van der Waals surface area contributed by atoms with Crippen molar-refractivity contribution in [3.8, 4) is 17.2 Å². The van der Waals surface area contributed by atoms with Gasteiger partial charge in [0.25, 0.3) is 5.91 Å². The lowest BCUT2D eigenvalue weighted by Crippen LogP contribution is -2.65. The first kappa shape index (κ1) is 29.3. The Kier molecular flexibility index (Phi) is 6.59. The highest BCUT2D eigenvalue weighted by atomic mass is 19.1. The van der Waals surface area contributed by atoms with Gasteiger partial charge in [-0.05, 0) is 62.7 Å². The van der Waals surface area contributed by atoms with E-state index in [0.717, 1.165) is 0 Å². The highest BCUT2D eigenvalue weighted by Crippen LogP contribution is 2.53. The molecule has 3 aromatic rings. The van der Waals surface area contributed by atoms with Crippen LogP contribution in [0.15, 0.2) is 45.6 Å². The number of fused-ring (bicyclic) bond motifs is 5. The van der Waals surface area contributed by atoms with Crippen LogP contribution in [-0.2, 0) is 20.8 Å². The number of nitrogens with two attached hydrogens (primary N) is 1. The third-order valence-electron chi connectivity index (χ3n) is 8.96. The van der Waals surface area contributed by atoms with Crippen molar-refractivity contribution in [2.75, 3.05) is 40.2 Å². The van der Waals surface area contributed by atoms with Crippen molar-refractivity contribution < 1.29 is 43.2 Å². The van der Waals surface area contributed by atoms with Crippen LogP contribution in [0.5, 0.6) is 5.75 Å². The molecule has 1 amide bonds. The predicted molar refractivity (Wildman–Crippen MR) is 156 cm³/mol. The van der Waals surface area contributed by atoms with E-state index in [2.05, 4.69) is 4.98 Å². The van der Waals surface area contributed by atoms with Crippen molar-refractivity contribution in [1.82, 2.24) is 9.88 Å². The van der Waals surface area contributed by atoms with Crippen LogP contribution in [0.1, 0.15) is 17.5 Å². The molecule has 12 nitrogen and oxygen atoms in total. The van der Waals surface area contributed by atoms with Crippen molar-refractivity contribution in [1.29, 1.82) is 0 Å². The Hall–Kier alpha value is -4.75. The molecule has 4 atom stereocenters. The SMILES string of the molecule is COc1ccc(-c2nc3cc(N(C)C)c4c(c3o2)C(O)=C2C(=O)[C@]3(O)C(O)=C(C(N)=O)C(=O)[C@@H](N(C)C)C3CC2C4)cc1F. The summed E-state index contributed by atoms with van der Waals surface area (Å²) in [4.78, 5) is 47.6. The Bertz CT molecular complexity index is 1860. The minimum atomic E-state index is -2.70. The number of oxazole rings is 1. The molecule has 230 valence electrons. The number of aliphatic hydroxyl groups excluding tert-OH is 2. The van der Waals surface area contributed by atoms with Crippen LogP contribution in [0, 0.1) is 17.7 Å². The molecule has 0 aliphatic heterocycles. The zero-order chi connectivity index (χ0) is 32.0. The van der Waals surface area contributed by atoms with E-state index in [1.165, 1.54) is 24.1 Å². The van der Waals surface area contributed by atoms with Crippen molar-refractivity contribution in [2.45, 2.75) is 24.5 Å². The van der Waals surface area contributed by atoms with Crippen LogP contribution in [0.3, 0.4) is 0 Å². The molecule has 44 heavy (non-hydrogen) atoms. The first-order valence-electron chi connectivity index (χ1n) is 13.8. The van der Waals surface area contributed by atoms with Crippen molar-refractivity contribution >= 4 is 40.0 Å². The van der Waals surface area contributed by atoms with Gasteiger partial charge in [-0.2, -0.15) is 0 Å². The van der Waals surface area contributed by atoms with E-state index in [9.17, 15) is 34.1 Å². The zero-order valence-electron chi connectivity index (χ0n) is 24.6. The van der Waals surface area contributed by atoms with Crippen molar-refractivity contribution in [2.24, 2.45) is 17.6 Å². The summed E-state index contributed by atoms with van der Waals surface area (Å²) in [5.41, 5.74) is 3.91. The van der Waals surface area contributed by atoms with Gasteiger partial charge in [-0.1, -0.05) is 0 Å². The molecule has 2 unspecified atom stereocenters. The third kappa shape index (κ3) is 3.88. The zero-order valence-corrected chi connectivity index (χ0v) is 24.6. The summed E-state index contributed by atoms with van der Waals surface area (Å²) in [6, 6.07) is 4.82. The summed E-state index contributed by atoms with van der Waals surface area (Å²) < 4.78 is 25.6. The fourth-order valence-electron chi connectivity index (χ4n) is 7.00. The largest absolute Gasteiger partial charge is 0.508 e. The first-order valence-corrected chi connectivity index (χ1v) is 13.8. The third-order valence-corrected chi connectivity index (χ3v) is 8.96. The first-order chi connectivity index (χ1) is 20.7. The van der Waals surface area contributed by atoms with Crippen molar-refractivity contribution in [3.05, 3.63) is 58.1 Å². The van der Waals surface area contributed by atoms with E-state index in [1.54, 1.807) is 40.3 Å². The summed E-state index contributed by atoms with van der Waals surface area (Å²) in [6.07, 6.45) is 0.231. The molecule has 1 aromatic heterocycles. The second-order valence-electron chi connectivity index (χ2n) is 11.8. The number of aliphatic hydroxyl groups is 3. The Morgan fingerprint density at radius 1 is 1.18 bits per heavy atom. The van der Waals surface area contributed by atoms with Gasteiger partial charge in [0.05, 0.1) is 18.7 Å². The number of benzene rings is 2. The number of halogens is 1. The van der Waals surface area contributed by atoms with Gasteiger partial charge < -0.3 is 35.1 Å². The van der Waals surface area contributed by atoms with Crippen LogP contribution in [0.2, 0.25) is 0 Å². The number of carbonyl (C=O) groups excluding carboxylic acids is 3. The van der Waals surface area contributed by atoms with Crippen molar-refractivity contribution in [3.63, 3.8) is 0 Å². The predicted octanol–water partition coefficient (Wildman–Crippen LogP) is 2.28. The number of nitrogens with zero attached hydrogens (tertiary/aromatic N) is 3. The Labute approximate surface area is 250 Å². The van der Waals surface area contributed by atoms with Gasteiger partial charge in [-0.25, -0.2) is 9.37 Å². The van der Waals surface area contributed by atoms with E-state index in [4.69, 9.17) is 14.9 Å². The molecule has 2 aromatic carbocycles. The fraction of sp³-hybridized carbons (Fsp3) is 0.355. The average Bonchev–Trinajstić information content (AvgIpc) is 3.38. The van der Waals surface area contributed by atoms with Crippen LogP contribution in [0.25, 0.3) is 28.3 Å². The molecule has 0 bridgehead atoms. The van der Waals surface area contributed by atoms with E-state index < -0.39 is 63.9 Å². The number of likely N-dealkylation sites (N-methyl/N-ethyl adjacent to an activating group) is 1. The van der Waals surface area contributed by atoms with E-state index in [0.29, 0.717) is 22.3 Å².